The molecule has 0 aromatic heterocycles. The third-order valence-electron chi connectivity index (χ3n) is 1.87. The van der Waals surface area contributed by atoms with Crippen molar-refractivity contribution in [2.45, 2.75) is 13.3 Å². The molecule has 87 valence electrons. The summed E-state index contributed by atoms with van der Waals surface area (Å²) in [5.41, 5.74) is 0.300. The summed E-state index contributed by atoms with van der Waals surface area (Å²) >= 11 is 0. The first-order valence-corrected chi connectivity index (χ1v) is 4.34. The van der Waals surface area contributed by atoms with Crippen molar-refractivity contribution in [3.8, 4) is 5.75 Å². The quantitative estimate of drug-likeness (QED) is 0.720. The Labute approximate surface area is 90.3 Å². The van der Waals surface area contributed by atoms with Gasteiger partial charge in [0.2, 0.25) is 0 Å². The second-order valence-corrected chi connectivity index (χ2v) is 3.11. The van der Waals surface area contributed by atoms with E-state index in [0.717, 1.165) is 12.1 Å². The maximum Gasteiger partial charge on any atom is 0.573 e. The lowest BCUT2D eigenvalue weighted by molar-refractivity contribution is -0.274. The summed E-state index contributed by atoms with van der Waals surface area (Å²) in [6, 6.07) is 2.89. The molecule has 0 heterocycles. The van der Waals surface area contributed by atoms with E-state index in [1.54, 1.807) is 6.92 Å². The molecule has 0 aliphatic heterocycles. The highest BCUT2D eigenvalue weighted by Crippen LogP contribution is 2.27. The maximum absolute atomic E-state index is 13.0. The summed E-state index contributed by atoms with van der Waals surface area (Å²) in [5.74, 6) is -0.812. The molecule has 1 aromatic carbocycles. The van der Waals surface area contributed by atoms with Crippen molar-refractivity contribution in [3.63, 3.8) is 0 Å². The van der Waals surface area contributed by atoms with Gasteiger partial charge < -0.3 is 4.74 Å². The minimum Gasteiger partial charge on any atom is -0.406 e. The zero-order valence-electron chi connectivity index (χ0n) is 8.44. The molecule has 0 fully saturated rings. The molecule has 0 aliphatic rings. The standard InChI is InChI=1S/C11H9F4O/c1-3-7(2)8-4-9(12)6-10(5-8)16-11(13,14)15/h3-6H,1H2,2H3. The molecule has 0 saturated heterocycles. The summed E-state index contributed by atoms with van der Waals surface area (Å²) in [6.45, 7) is 5.06. The molecule has 0 spiro atoms. The van der Waals surface area contributed by atoms with E-state index in [1.807, 2.05) is 0 Å². The van der Waals surface area contributed by atoms with E-state index in [4.69, 9.17) is 0 Å². The van der Waals surface area contributed by atoms with E-state index >= 15 is 0 Å². The third-order valence-corrected chi connectivity index (χ3v) is 1.87. The van der Waals surface area contributed by atoms with Crippen LogP contribution in [0.25, 0.3) is 0 Å². The lowest BCUT2D eigenvalue weighted by Crippen LogP contribution is -2.17. The number of alkyl halides is 3. The van der Waals surface area contributed by atoms with Crippen LogP contribution < -0.4 is 4.74 Å². The van der Waals surface area contributed by atoms with Crippen LogP contribution in [0.15, 0.2) is 30.9 Å². The van der Waals surface area contributed by atoms with Gasteiger partial charge >= 0.3 is 6.36 Å². The Morgan fingerprint density at radius 2 is 1.94 bits per heavy atom. The molecule has 5 heteroatoms. The van der Waals surface area contributed by atoms with Gasteiger partial charge in [-0.25, -0.2) is 4.39 Å². The minimum atomic E-state index is -4.83. The van der Waals surface area contributed by atoms with E-state index < -0.39 is 17.9 Å². The van der Waals surface area contributed by atoms with Crippen molar-refractivity contribution in [1.29, 1.82) is 0 Å². The van der Waals surface area contributed by atoms with Gasteiger partial charge in [0.15, 0.2) is 0 Å². The van der Waals surface area contributed by atoms with Crippen molar-refractivity contribution >= 4 is 0 Å². The molecule has 16 heavy (non-hydrogen) atoms. The van der Waals surface area contributed by atoms with Crippen LogP contribution in [-0.4, -0.2) is 6.36 Å². The van der Waals surface area contributed by atoms with Crippen molar-refractivity contribution < 1.29 is 22.3 Å². The molecule has 0 unspecified atom stereocenters. The summed E-state index contributed by atoms with van der Waals surface area (Å²) < 4.78 is 52.4. The van der Waals surface area contributed by atoms with Gasteiger partial charge in [0.1, 0.15) is 11.6 Å². The van der Waals surface area contributed by atoms with Gasteiger partial charge in [0.25, 0.3) is 0 Å². The highest BCUT2D eigenvalue weighted by Gasteiger charge is 2.31. The van der Waals surface area contributed by atoms with Crippen LogP contribution >= 0.6 is 0 Å². The van der Waals surface area contributed by atoms with Gasteiger partial charge in [-0.05, 0) is 17.7 Å². The summed E-state index contributed by atoms with van der Waals surface area (Å²) in [6.07, 6.45) is -3.40. The molecule has 0 N–H and O–H groups in total. The number of allylic oxidation sites excluding steroid dienone is 1. The summed E-state index contributed by atoms with van der Waals surface area (Å²) in [5, 5.41) is 0. The first-order valence-electron chi connectivity index (χ1n) is 4.34. The average Bonchev–Trinajstić information content (AvgIpc) is 2.12. The van der Waals surface area contributed by atoms with Gasteiger partial charge in [-0.1, -0.05) is 13.0 Å². The Balaban J connectivity index is 3.03. The number of ether oxygens (including phenoxy) is 1. The van der Waals surface area contributed by atoms with Crippen LogP contribution in [0.4, 0.5) is 17.6 Å². The fourth-order valence-corrected chi connectivity index (χ4v) is 1.10. The van der Waals surface area contributed by atoms with E-state index in [2.05, 4.69) is 11.3 Å². The van der Waals surface area contributed by atoms with Gasteiger partial charge in [0.05, 0.1) is 0 Å². The Morgan fingerprint density at radius 3 is 2.44 bits per heavy atom. The van der Waals surface area contributed by atoms with Gasteiger partial charge in [-0.15, -0.1) is 19.8 Å². The van der Waals surface area contributed by atoms with Gasteiger partial charge in [-0.2, -0.15) is 0 Å². The monoisotopic (exact) mass is 233 g/mol. The molecule has 0 saturated carbocycles. The predicted molar refractivity (Wildman–Crippen MR) is 51.3 cm³/mol. The van der Waals surface area contributed by atoms with Gasteiger partial charge in [0, 0.05) is 12.0 Å². The number of rotatable bonds is 3. The zero-order chi connectivity index (χ0) is 12.3. The van der Waals surface area contributed by atoms with Crippen molar-refractivity contribution in [1.82, 2.24) is 0 Å². The molecular formula is C11H9F4O. The van der Waals surface area contributed by atoms with E-state index in [9.17, 15) is 17.6 Å². The van der Waals surface area contributed by atoms with Crippen LogP contribution in [0.5, 0.6) is 5.75 Å². The number of hydrogen-bond donors (Lipinski definition) is 0. The second kappa shape index (κ2) is 4.55. The first kappa shape index (κ1) is 12.5. The fourth-order valence-electron chi connectivity index (χ4n) is 1.10. The average molecular weight is 233 g/mol. The molecule has 1 nitrogen and oxygen atoms in total. The SMILES string of the molecule is C=C[C](C)c1cc(F)cc(OC(F)(F)F)c1. The highest BCUT2D eigenvalue weighted by molar-refractivity contribution is 5.40. The fraction of sp³-hybridized carbons (Fsp3) is 0.182. The summed E-state index contributed by atoms with van der Waals surface area (Å²) in [7, 11) is 0. The van der Waals surface area contributed by atoms with Crippen LogP contribution in [-0.2, 0) is 0 Å². The van der Waals surface area contributed by atoms with Gasteiger partial charge in [-0.3, -0.25) is 0 Å². The molecule has 1 radical (unpaired) electrons. The molecule has 0 aliphatic carbocycles. The number of benzene rings is 1. The molecule has 0 atom stereocenters. The molecule has 0 amide bonds. The maximum atomic E-state index is 13.0. The number of halogens is 4. The smallest absolute Gasteiger partial charge is 0.406 e. The van der Waals surface area contributed by atoms with Crippen LogP contribution in [0, 0.1) is 11.7 Å². The lowest BCUT2D eigenvalue weighted by atomic mass is 10.0. The van der Waals surface area contributed by atoms with Crippen LogP contribution in [0.2, 0.25) is 0 Å². The van der Waals surface area contributed by atoms with Crippen molar-refractivity contribution in [2.24, 2.45) is 0 Å². The second-order valence-electron chi connectivity index (χ2n) is 3.11. The largest absolute Gasteiger partial charge is 0.573 e. The van der Waals surface area contributed by atoms with Crippen molar-refractivity contribution in [3.05, 3.63) is 48.2 Å². The topological polar surface area (TPSA) is 9.23 Å². The Kier molecular flexibility index (Phi) is 3.57. The van der Waals surface area contributed by atoms with Crippen LogP contribution in [0.1, 0.15) is 12.5 Å². The van der Waals surface area contributed by atoms with Crippen LogP contribution in [0.3, 0.4) is 0 Å². The van der Waals surface area contributed by atoms with Crippen molar-refractivity contribution in [2.75, 3.05) is 0 Å². The van der Waals surface area contributed by atoms with E-state index in [1.165, 1.54) is 6.08 Å². The van der Waals surface area contributed by atoms with E-state index in [-0.39, 0.29) is 0 Å². The normalized spacial score (nSPS) is 11.6. The molecule has 1 rings (SSSR count). The third kappa shape index (κ3) is 3.56. The molecular weight excluding hydrogens is 224 g/mol. The Hall–Kier alpha value is -1.52. The Morgan fingerprint density at radius 1 is 1.31 bits per heavy atom. The highest BCUT2D eigenvalue weighted by atomic mass is 19.4. The predicted octanol–water partition coefficient (Wildman–Crippen LogP) is 3.85. The lowest BCUT2D eigenvalue weighted by Gasteiger charge is -2.12. The Bertz CT molecular complexity index is 384. The summed E-state index contributed by atoms with van der Waals surface area (Å²) in [4.78, 5) is 0. The zero-order valence-corrected chi connectivity index (χ0v) is 8.44. The van der Waals surface area contributed by atoms with E-state index in [0.29, 0.717) is 17.5 Å². The molecule has 0 bridgehead atoms. The first-order chi connectivity index (χ1) is 7.31. The number of hydrogen-bond acceptors (Lipinski definition) is 1. The molecule has 1 aromatic rings. The minimum absolute atomic E-state index is 0.300.